The molecule has 6 nitrogen and oxygen atoms in total. The van der Waals surface area contributed by atoms with Crippen molar-refractivity contribution in [2.45, 2.75) is 12.5 Å². The van der Waals surface area contributed by atoms with E-state index < -0.39 is 7.14 Å². The molecule has 144 valence electrons. The zero-order valence-electron chi connectivity index (χ0n) is 15.8. The fraction of sp³-hybridized carbons (Fsp3) is 0.300. The molecule has 28 heavy (non-hydrogen) atoms. The SMILES string of the molecule is CP(C)(=O)c1cccc2c(-c3nc(N[C@H]4CCNC4)nc4ccsc34)c[nH]c12. The van der Waals surface area contributed by atoms with Crippen molar-refractivity contribution in [1.82, 2.24) is 20.3 Å². The summed E-state index contributed by atoms with van der Waals surface area (Å²) in [6.07, 6.45) is 3.05. The Labute approximate surface area is 167 Å². The Morgan fingerprint density at radius 3 is 2.93 bits per heavy atom. The molecular formula is C20H22N5OPS. The van der Waals surface area contributed by atoms with Crippen molar-refractivity contribution in [2.24, 2.45) is 0 Å². The maximum absolute atomic E-state index is 12.7. The predicted molar refractivity (Wildman–Crippen MR) is 119 cm³/mol. The number of aromatic nitrogens is 3. The van der Waals surface area contributed by atoms with Gasteiger partial charge in [-0.3, -0.25) is 0 Å². The van der Waals surface area contributed by atoms with E-state index >= 15 is 0 Å². The first-order valence-electron chi connectivity index (χ1n) is 9.39. The van der Waals surface area contributed by atoms with Crippen LogP contribution in [-0.4, -0.2) is 47.4 Å². The minimum Gasteiger partial charge on any atom is -0.360 e. The zero-order valence-corrected chi connectivity index (χ0v) is 17.5. The molecule has 1 aromatic carbocycles. The number of nitrogens with zero attached hydrogens (tertiary/aromatic N) is 2. The molecule has 0 spiro atoms. The van der Waals surface area contributed by atoms with Gasteiger partial charge < -0.3 is 20.2 Å². The molecule has 4 aromatic rings. The summed E-state index contributed by atoms with van der Waals surface area (Å²) in [5.74, 6) is 0.664. The largest absolute Gasteiger partial charge is 0.360 e. The molecule has 3 N–H and O–H groups in total. The number of thiophene rings is 1. The number of hydrogen-bond acceptors (Lipinski definition) is 6. The highest BCUT2D eigenvalue weighted by molar-refractivity contribution is 7.70. The molecule has 1 aliphatic rings. The van der Waals surface area contributed by atoms with Crippen molar-refractivity contribution in [2.75, 3.05) is 31.7 Å². The number of benzene rings is 1. The lowest BCUT2D eigenvalue weighted by Gasteiger charge is -2.13. The molecule has 3 aromatic heterocycles. The van der Waals surface area contributed by atoms with Crippen molar-refractivity contribution in [3.05, 3.63) is 35.8 Å². The number of fused-ring (bicyclic) bond motifs is 2. The van der Waals surface area contributed by atoms with Gasteiger partial charge in [0.2, 0.25) is 5.95 Å². The van der Waals surface area contributed by atoms with Crippen LogP contribution in [-0.2, 0) is 4.57 Å². The van der Waals surface area contributed by atoms with Gasteiger partial charge in [-0.05, 0) is 43.8 Å². The van der Waals surface area contributed by atoms with Crippen LogP contribution < -0.4 is 15.9 Å². The van der Waals surface area contributed by atoms with Gasteiger partial charge in [0.15, 0.2) is 0 Å². The van der Waals surface area contributed by atoms with E-state index in [0.717, 1.165) is 57.2 Å². The second-order valence-corrected chi connectivity index (χ2v) is 11.7. The summed E-state index contributed by atoms with van der Waals surface area (Å²) >= 11 is 1.65. The highest BCUT2D eigenvalue weighted by Gasteiger charge is 2.21. The molecule has 1 saturated heterocycles. The van der Waals surface area contributed by atoms with Gasteiger partial charge in [0, 0.05) is 35.0 Å². The van der Waals surface area contributed by atoms with Crippen LogP contribution in [0.5, 0.6) is 0 Å². The van der Waals surface area contributed by atoms with Crippen LogP contribution in [0.25, 0.3) is 32.4 Å². The van der Waals surface area contributed by atoms with Crippen LogP contribution in [0.15, 0.2) is 35.8 Å². The van der Waals surface area contributed by atoms with Crippen molar-refractivity contribution < 1.29 is 4.57 Å². The molecular weight excluding hydrogens is 389 g/mol. The Bertz CT molecular complexity index is 1220. The van der Waals surface area contributed by atoms with Crippen LogP contribution in [0.4, 0.5) is 5.95 Å². The Balaban J connectivity index is 1.68. The highest BCUT2D eigenvalue weighted by Crippen LogP contribution is 2.40. The highest BCUT2D eigenvalue weighted by atomic mass is 32.1. The average Bonchev–Trinajstić information content (AvgIpc) is 3.40. The molecule has 0 unspecified atom stereocenters. The van der Waals surface area contributed by atoms with Crippen LogP contribution in [0.2, 0.25) is 0 Å². The van der Waals surface area contributed by atoms with Crippen LogP contribution in [0, 0.1) is 0 Å². The minimum absolute atomic E-state index is 0.351. The predicted octanol–water partition coefficient (Wildman–Crippen LogP) is 3.86. The van der Waals surface area contributed by atoms with E-state index in [-0.39, 0.29) is 0 Å². The van der Waals surface area contributed by atoms with Gasteiger partial charge in [0.05, 0.1) is 21.4 Å². The van der Waals surface area contributed by atoms with Gasteiger partial charge in [0.25, 0.3) is 0 Å². The molecule has 0 aliphatic carbocycles. The Hall–Kier alpha value is -2.21. The summed E-state index contributed by atoms with van der Waals surface area (Å²) in [6.45, 7) is 5.56. The first-order valence-corrected chi connectivity index (χ1v) is 12.9. The number of nitrogens with one attached hydrogen (secondary N) is 3. The summed E-state index contributed by atoms with van der Waals surface area (Å²) in [5, 5.41) is 10.8. The van der Waals surface area contributed by atoms with Gasteiger partial charge >= 0.3 is 0 Å². The monoisotopic (exact) mass is 411 g/mol. The second-order valence-electron chi connectivity index (χ2n) is 7.62. The van der Waals surface area contributed by atoms with E-state index in [1.807, 2.05) is 37.7 Å². The third-order valence-electron chi connectivity index (χ3n) is 5.23. The Morgan fingerprint density at radius 1 is 1.25 bits per heavy atom. The minimum atomic E-state index is -2.39. The lowest BCUT2D eigenvalue weighted by Crippen LogP contribution is -2.23. The zero-order chi connectivity index (χ0) is 19.3. The topological polar surface area (TPSA) is 82.7 Å². The molecule has 8 heteroatoms. The lowest BCUT2D eigenvalue weighted by atomic mass is 10.1. The van der Waals surface area contributed by atoms with Crippen LogP contribution >= 0.6 is 18.5 Å². The van der Waals surface area contributed by atoms with E-state index in [1.165, 1.54) is 0 Å². The fourth-order valence-corrected chi connectivity index (χ4v) is 5.86. The normalized spacial score (nSPS) is 17.6. The number of hydrogen-bond donors (Lipinski definition) is 3. The molecule has 0 amide bonds. The summed E-state index contributed by atoms with van der Waals surface area (Å²) < 4.78 is 13.8. The number of anilines is 1. The van der Waals surface area contributed by atoms with E-state index in [4.69, 9.17) is 9.97 Å². The summed E-state index contributed by atoms with van der Waals surface area (Å²) in [7, 11) is -2.39. The Kier molecular flexibility index (Phi) is 4.27. The number of para-hydroxylation sites is 1. The maximum Gasteiger partial charge on any atom is 0.224 e. The summed E-state index contributed by atoms with van der Waals surface area (Å²) in [6, 6.07) is 8.38. The third kappa shape index (κ3) is 3.04. The third-order valence-corrected chi connectivity index (χ3v) is 7.67. The smallest absolute Gasteiger partial charge is 0.224 e. The fourth-order valence-electron chi connectivity index (χ4n) is 3.85. The van der Waals surface area contributed by atoms with Crippen molar-refractivity contribution in [3.63, 3.8) is 0 Å². The molecule has 0 saturated carbocycles. The standard InChI is InChI=1S/C20H22N5OPS/c1-27(2,26)16-5-3-4-13-14(11-22-17(13)16)18-19-15(7-9-28-19)24-20(25-18)23-12-6-8-21-10-12/h3-5,7,9,11-12,21-22H,6,8,10H2,1-2H3,(H,23,24,25)/t12-/m0/s1. The van der Waals surface area contributed by atoms with Gasteiger partial charge in [-0.2, -0.15) is 0 Å². The first-order chi connectivity index (χ1) is 13.5. The summed E-state index contributed by atoms with van der Waals surface area (Å²) in [4.78, 5) is 13.0. The van der Waals surface area contributed by atoms with Gasteiger partial charge in [-0.1, -0.05) is 12.1 Å². The molecule has 1 fully saturated rings. The van der Waals surface area contributed by atoms with Crippen LogP contribution in [0.3, 0.4) is 0 Å². The van der Waals surface area contributed by atoms with Gasteiger partial charge in [0.1, 0.15) is 7.14 Å². The van der Waals surface area contributed by atoms with Crippen molar-refractivity contribution >= 4 is 50.9 Å². The van der Waals surface area contributed by atoms with E-state index in [1.54, 1.807) is 11.3 Å². The van der Waals surface area contributed by atoms with Crippen LogP contribution in [0.1, 0.15) is 6.42 Å². The maximum atomic E-state index is 12.7. The number of rotatable bonds is 4. The average molecular weight is 411 g/mol. The molecule has 1 atom stereocenters. The van der Waals surface area contributed by atoms with E-state index in [2.05, 4.69) is 27.1 Å². The van der Waals surface area contributed by atoms with Gasteiger partial charge in [-0.25, -0.2) is 9.97 Å². The second kappa shape index (κ2) is 6.69. The number of aromatic amines is 1. The summed E-state index contributed by atoms with van der Waals surface area (Å²) in [5.41, 5.74) is 3.82. The lowest BCUT2D eigenvalue weighted by molar-refractivity contribution is 0.588. The Morgan fingerprint density at radius 2 is 2.14 bits per heavy atom. The number of H-pyrrole nitrogens is 1. The first kappa shape index (κ1) is 17.9. The van der Waals surface area contributed by atoms with Crippen molar-refractivity contribution in [1.29, 1.82) is 0 Å². The van der Waals surface area contributed by atoms with Gasteiger partial charge in [-0.15, -0.1) is 11.3 Å². The molecule has 0 radical (unpaired) electrons. The molecule has 1 aliphatic heterocycles. The molecule has 4 heterocycles. The molecule has 0 bridgehead atoms. The van der Waals surface area contributed by atoms with E-state index in [9.17, 15) is 4.57 Å². The van der Waals surface area contributed by atoms with Crippen molar-refractivity contribution in [3.8, 4) is 11.3 Å². The quantitative estimate of drug-likeness (QED) is 0.444. The molecule has 5 rings (SSSR count). The van der Waals surface area contributed by atoms with E-state index in [0.29, 0.717) is 12.0 Å².